The highest BCUT2D eigenvalue weighted by atomic mass is 16.5. The number of carboxylic acid groups (broad SMARTS) is 1. The number of amides is 1. The van der Waals surface area contributed by atoms with Crippen LogP contribution in [0.4, 0.5) is 0 Å². The summed E-state index contributed by atoms with van der Waals surface area (Å²) in [4.78, 5) is 25.3. The largest absolute Gasteiger partial charge is 0.491 e. The number of benzene rings is 1. The minimum Gasteiger partial charge on any atom is -0.491 e. The van der Waals surface area contributed by atoms with Crippen molar-refractivity contribution in [2.24, 2.45) is 0 Å². The molecule has 1 aromatic rings. The van der Waals surface area contributed by atoms with Gasteiger partial charge < -0.3 is 14.7 Å². The minimum absolute atomic E-state index is 0.0220. The lowest BCUT2D eigenvalue weighted by atomic mass is 10.1. The average Bonchev–Trinajstić information content (AvgIpc) is 3.25. The highest BCUT2D eigenvalue weighted by Crippen LogP contribution is 2.30. The number of nitrogens with zero attached hydrogens (tertiary/aromatic N) is 1. The number of hydrogen-bond donors (Lipinski definition) is 1. The summed E-state index contributed by atoms with van der Waals surface area (Å²) >= 11 is 0. The van der Waals surface area contributed by atoms with Gasteiger partial charge in [-0.05, 0) is 39.7 Å². The van der Waals surface area contributed by atoms with Crippen molar-refractivity contribution in [2.45, 2.75) is 58.2 Å². The summed E-state index contributed by atoms with van der Waals surface area (Å²) in [6.45, 7) is 5.43. The third-order valence-corrected chi connectivity index (χ3v) is 3.68. The Balaban J connectivity index is 2.15. The first-order valence-corrected chi connectivity index (χ1v) is 7.68. The molecule has 5 nitrogen and oxygen atoms in total. The summed E-state index contributed by atoms with van der Waals surface area (Å²) < 4.78 is 5.72. The second-order valence-corrected chi connectivity index (χ2v) is 6.00. The Morgan fingerprint density at radius 2 is 1.91 bits per heavy atom. The van der Waals surface area contributed by atoms with Gasteiger partial charge in [0.05, 0.1) is 12.5 Å². The summed E-state index contributed by atoms with van der Waals surface area (Å²) in [5, 5.41) is 9.20. The SMILES string of the molecule is CC(C)Oc1ccccc1CC(=O)N(C1CC1)C(C)C(=O)O. The van der Waals surface area contributed by atoms with E-state index in [0.29, 0.717) is 5.75 Å². The molecule has 0 spiro atoms. The average molecular weight is 305 g/mol. The van der Waals surface area contributed by atoms with Crippen molar-refractivity contribution >= 4 is 11.9 Å². The standard InChI is InChI=1S/C17H23NO4/c1-11(2)22-15-7-5-4-6-13(15)10-16(19)18(14-8-9-14)12(3)17(20)21/h4-7,11-12,14H,8-10H2,1-3H3,(H,20,21). The Morgan fingerprint density at radius 3 is 2.45 bits per heavy atom. The summed E-state index contributed by atoms with van der Waals surface area (Å²) in [7, 11) is 0. The fraction of sp³-hybridized carbons (Fsp3) is 0.529. The monoisotopic (exact) mass is 305 g/mol. The third-order valence-electron chi connectivity index (χ3n) is 3.68. The predicted molar refractivity (Wildman–Crippen MR) is 82.9 cm³/mol. The van der Waals surface area contributed by atoms with Crippen LogP contribution < -0.4 is 4.74 Å². The fourth-order valence-corrected chi connectivity index (χ4v) is 2.48. The maximum Gasteiger partial charge on any atom is 0.326 e. The van der Waals surface area contributed by atoms with Gasteiger partial charge in [-0.3, -0.25) is 4.79 Å². The van der Waals surface area contributed by atoms with Gasteiger partial charge in [0.15, 0.2) is 0 Å². The van der Waals surface area contributed by atoms with Gasteiger partial charge in [0.25, 0.3) is 0 Å². The summed E-state index contributed by atoms with van der Waals surface area (Å²) in [5.41, 5.74) is 0.796. The maximum atomic E-state index is 12.6. The molecule has 5 heteroatoms. The van der Waals surface area contributed by atoms with E-state index in [1.54, 1.807) is 6.92 Å². The molecule has 0 aliphatic heterocycles. The van der Waals surface area contributed by atoms with Crippen LogP contribution in [0.1, 0.15) is 39.2 Å². The molecule has 1 N–H and O–H groups in total. The molecule has 1 fully saturated rings. The quantitative estimate of drug-likeness (QED) is 0.840. The van der Waals surface area contributed by atoms with Crippen LogP contribution in [0.2, 0.25) is 0 Å². The highest BCUT2D eigenvalue weighted by molar-refractivity contribution is 5.85. The number of carbonyl (C=O) groups excluding carboxylic acids is 1. The van der Waals surface area contributed by atoms with Gasteiger partial charge in [-0.15, -0.1) is 0 Å². The van der Waals surface area contributed by atoms with Crippen molar-refractivity contribution in [2.75, 3.05) is 0 Å². The van der Waals surface area contributed by atoms with E-state index in [9.17, 15) is 14.7 Å². The number of rotatable bonds is 7. The molecule has 1 aliphatic rings. The predicted octanol–water partition coefficient (Wildman–Crippen LogP) is 2.48. The number of para-hydroxylation sites is 1. The number of carboxylic acids is 1. The third kappa shape index (κ3) is 4.00. The highest BCUT2D eigenvalue weighted by Gasteiger charge is 2.38. The molecule has 1 unspecified atom stereocenters. The van der Waals surface area contributed by atoms with E-state index in [1.165, 1.54) is 4.90 Å². The van der Waals surface area contributed by atoms with Gasteiger partial charge >= 0.3 is 5.97 Å². The van der Waals surface area contributed by atoms with E-state index in [4.69, 9.17) is 4.74 Å². The van der Waals surface area contributed by atoms with E-state index in [1.807, 2.05) is 38.1 Å². The second-order valence-electron chi connectivity index (χ2n) is 6.00. The Morgan fingerprint density at radius 1 is 1.27 bits per heavy atom. The van der Waals surface area contributed by atoms with Gasteiger partial charge in [0.1, 0.15) is 11.8 Å². The lowest BCUT2D eigenvalue weighted by molar-refractivity contribution is -0.149. The Bertz CT molecular complexity index is 551. The molecule has 1 aromatic carbocycles. The van der Waals surface area contributed by atoms with Crippen LogP contribution in [0, 0.1) is 0 Å². The van der Waals surface area contributed by atoms with Crippen molar-refractivity contribution in [3.8, 4) is 5.75 Å². The van der Waals surface area contributed by atoms with Gasteiger partial charge in [0.2, 0.25) is 5.91 Å². The van der Waals surface area contributed by atoms with Crippen molar-refractivity contribution in [3.63, 3.8) is 0 Å². The summed E-state index contributed by atoms with van der Waals surface area (Å²) in [5.74, 6) is -0.436. The van der Waals surface area contributed by atoms with Crippen LogP contribution in [0.5, 0.6) is 5.75 Å². The number of aliphatic carboxylic acids is 1. The molecule has 1 atom stereocenters. The number of hydrogen-bond acceptors (Lipinski definition) is 3. The van der Waals surface area contributed by atoms with E-state index in [-0.39, 0.29) is 24.5 Å². The van der Waals surface area contributed by atoms with Crippen LogP contribution in [0.25, 0.3) is 0 Å². The van der Waals surface area contributed by atoms with E-state index in [0.717, 1.165) is 18.4 Å². The van der Waals surface area contributed by atoms with Gasteiger partial charge in [-0.2, -0.15) is 0 Å². The van der Waals surface area contributed by atoms with Gasteiger partial charge in [-0.25, -0.2) is 4.79 Å². The molecule has 120 valence electrons. The molecule has 2 rings (SSSR count). The molecule has 1 amide bonds. The zero-order chi connectivity index (χ0) is 16.3. The first-order valence-electron chi connectivity index (χ1n) is 7.68. The molecular weight excluding hydrogens is 282 g/mol. The van der Waals surface area contributed by atoms with E-state index < -0.39 is 12.0 Å². The van der Waals surface area contributed by atoms with Crippen molar-refractivity contribution < 1.29 is 19.4 Å². The Kier molecular flexibility index (Phi) is 5.06. The van der Waals surface area contributed by atoms with Crippen LogP contribution in [-0.2, 0) is 16.0 Å². The van der Waals surface area contributed by atoms with Crippen LogP contribution >= 0.6 is 0 Å². The number of carbonyl (C=O) groups is 2. The Labute approximate surface area is 130 Å². The van der Waals surface area contributed by atoms with Crippen molar-refractivity contribution in [1.82, 2.24) is 4.90 Å². The zero-order valence-corrected chi connectivity index (χ0v) is 13.3. The zero-order valence-electron chi connectivity index (χ0n) is 13.3. The lowest BCUT2D eigenvalue weighted by Crippen LogP contribution is -2.45. The van der Waals surface area contributed by atoms with Crippen LogP contribution in [-0.4, -0.2) is 40.1 Å². The van der Waals surface area contributed by atoms with Crippen LogP contribution in [0.3, 0.4) is 0 Å². The van der Waals surface area contributed by atoms with E-state index in [2.05, 4.69) is 0 Å². The normalized spacial score (nSPS) is 15.5. The lowest BCUT2D eigenvalue weighted by Gasteiger charge is -2.27. The molecule has 22 heavy (non-hydrogen) atoms. The second kappa shape index (κ2) is 6.81. The molecule has 0 heterocycles. The first kappa shape index (κ1) is 16.3. The smallest absolute Gasteiger partial charge is 0.326 e. The van der Waals surface area contributed by atoms with Gasteiger partial charge in [0, 0.05) is 11.6 Å². The maximum absolute atomic E-state index is 12.6. The number of ether oxygens (including phenoxy) is 1. The van der Waals surface area contributed by atoms with Crippen molar-refractivity contribution in [3.05, 3.63) is 29.8 Å². The molecular formula is C17H23NO4. The topological polar surface area (TPSA) is 66.8 Å². The molecule has 0 radical (unpaired) electrons. The van der Waals surface area contributed by atoms with Gasteiger partial charge in [-0.1, -0.05) is 18.2 Å². The van der Waals surface area contributed by atoms with Crippen molar-refractivity contribution in [1.29, 1.82) is 0 Å². The first-order chi connectivity index (χ1) is 10.4. The van der Waals surface area contributed by atoms with E-state index >= 15 is 0 Å². The summed E-state index contributed by atoms with van der Waals surface area (Å²) in [6, 6.07) is 6.69. The molecule has 1 aliphatic carbocycles. The molecule has 0 bridgehead atoms. The minimum atomic E-state index is -0.966. The molecule has 1 saturated carbocycles. The summed E-state index contributed by atoms with van der Waals surface area (Å²) in [6.07, 6.45) is 1.95. The molecule has 0 aromatic heterocycles. The Hall–Kier alpha value is -2.04. The molecule has 0 saturated heterocycles. The van der Waals surface area contributed by atoms with Crippen LogP contribution in [0.15, 0.2) is 24.3 Å². The fourth-order valence-electron chi connectivity index (χ4n) is 2.48.